The maximum atomic E-state index is 10.9. The third-order valence-corrected chi connectivity index (χ3v) is 4.88. The van der Waals surface area contributed by atoms with Gasteiger partial charge in [-0.3, -0.25) is 15.2 Å². The van der Waals surface area contributed by atoms with Crippen LogP contribution in [0, 0.1) is 5.41 Å². The van der Waals surface area contributed by atoms with Crippen molar-refractivity contribution in [3.8, 4) is 11.1 Å². The third kappa shape index (κ3) is 6.26. The molecule has 3 aromatic rings. The largest absolute Gasteiger partial charge is 0.398 e. The van der Waals surface area contributed by atoms with Crippen LogP contribution in [0.5, 0.6) is 0 Å². The van der Waals surface area contributed by atoms with Crippen LogP contribution in [-0.4, -0.2) is 29.7 Å². The first-order valence-corrected chi connectivity index (χ1v) is 10.3. The molecule has 0 fully saturated rings. The van der Waals surface area contributed by atoms with Crippen molar-refractivity contribution in [2.75, 3.05) is 18.8 Å². The Balaban J connectivity index is 1.72. The zero-order chi connectivity index (χ0) is 22.9. The first-order valence-electron chi connectivity index (χ1n) is 10.3. The molecule has 3 rings (SSSR count). The highest BCUT2D eigenvalue weighted by Gasteiger charge is 2.11. The van der Waals surface area contributed by atoms with E-state index in [1.54, 1.807) is 24.5 Å². The first-order chi connectivity index (χ1) is 15.4. The number of aromatic nitrogens is 1. The summed E-state index contributed by atoms with van der Waals surface area (Å²) >= 11 is 0. The molecule has 164 valence electrons. The molecule has 0 saturated carbocycles. The molecule has 0 unspecified atom stereocenters. The molecule has 0 radical (unpaired) electrons. The molecule has 32 heavy (non-hydrogen) atoms. The predicted octanol–water partition coefficient (Wildman–Crippen LogP) is 2.92. The summed E-state index contributed by atoms with van der Waals surface area (Å²) in [5.41, 5.74) is 17.8. The van der Waals surface area contributed by atoms with Gasteiger partial charge in [-0.1, -0.05) is 36.4 Å². The average Bonchev–Trinajstić information content (AvgIpc) is 2.79. The fourth-order valence-corrected chi connectivity index (χ4v) is 3.25. The lowest BCUT2D eigenvalue weighted by atomic mass is 9.98. The molecule has 7 N–H and O–H groups in total. The normalized spacial score (nSPS) is 11.2. The van der Waals surface area contributed by atoms with Crippen molar-refractivity contribution in [3.05, 3.63) is 89.4 Å². The van der Waals surface area contributed by atoms with Gasteiger partial charge in [0.1, 0.15) is 0 Å². The van der Waals surface area contributed by atoms with Gasteiger partial charge in [-0.2, -0.15) is 0 Å². The number of nitrogens with zero attached hydrogens (tertiary/aromatic N) is 1. The van der Waals surface area contributed by atoms with Gasteiger partial charge < -0.3 is 22.1 Å². The summed E-state index contributed by atoms with van der Waals surface area (Å²) < 4.78 is 0. The zero-order valence-electron chi connectivity index (χ0n) is 18.1. The van der Waals surface area contributed by atoms with Crippen LogP contribution in [-0.2, 0) is 11.3 Å². The molecule has 0 saturated heterocycles. The van der Waals surface area contributed by atoms with E-state index in [0.717, 1.165) is 22.3 Å². The highest BCUT2D eigenvalue weighted by molar-refractivity contribution is 6.15. The molecule has 1 heterocycles. The molecule has 2 aromatic carbocycles. The Morgan fingerprint density at radius 1 is 1.09 bits per heavy atom. The fraction of sp³-hybridized carbons (Fsp3) is 0.160. The number of carbonyl (C=O) groups is 1. The van der Waals surface area contributed by atoms with Crippen molar-refractivity contribution in [1.82, 2.24) is 15.6 Å². The van der Waals surface area contributed by atoms with E-state index < -0.39 is 0 Å². The quantitative estimate of drug-likeness (QED) is 0.203. The number of amides is 1. The summed E-state index contributed by atoms with van der Waals surface area (Å²) in [5.74, 6) is -0.0385. The lowest BCUT2D eigenvalue weighted by molar-refractivity contribution is -0.118. The summed E-state index contributed by atoms with van der Waals surface area (Å²) in [4.78, 5) is 15.1. The Hall–Kier alpha value is -3.97. The van der Waals surface area contributed by atoms with E-state index >= 15 is 0 Å². The van der Waals surface area contributed by atoms with Crippen molar-refractivity contribution in [2.45, 2.75) is 13.5 Å². The molecule has 0 spiro atoms. The number of hydrogen-bond donors (Lipinski definition) is 5. The topological polar surface area (TPSA) is 130 Å². The van der Waals surface area contributed by atoms with Crippen molar-refractivity contribution in [2.24, 2.45) is 5.73 Å². The molecule has 0 aliphatic rings. The minimum Gasteiger partial charge on any atom is -0.398 e. The average molecular weight is 429 g/mol. The van der Waals surface area contributed by atoms with Crippen molar-refractivity contribution in [1.29, 1.82) is 5.41 Å². The minimum absolute atomic E-state index is 0.0385. The number of rotatable bonds is 9. The molecule has 0 aliphatic carbocycles. The molecule has 0 atom stereocenters. The monoisotopic (exact) mass is 428 g/mol. The highest BCUT2D eigenvalue weighted by Crippen LogP contribution is 2.25. The number of nitrogen functional groups attached to an aromatic ring is 1. The van der Waals surface area contributed by atoms with Gasteiger partial charge in [0.15, 0.2) is 0 Å². The van der Waals surface area contributed by atoms with Crippen LogP contribution in [0.2, 0.25) is 0 Å². The molecule has 7 heteroatoms. The van der Waals surface area contributed by atoms with Gasteiger partial charge in [-0.05, 0) is 41.0 Å². The van der Waals surface area contributed by atoms with E-state index in [2.05, 4.69) is 15.6 Å². The van der Waals surface area contributed by atoms with Crippen molar-refractivity contribution < 1.29 is 4.79 Å². The molecule has 1 aromatic heterocycles. The van der Waals surface area contributed by atoms with Gasteiger partial charge in [0, 0.05) is 55.8 Å². The predicted molar refractivity (Wildman–Crippen MR) is 130 cm³/mol. The van der Waals surface area contributed by atoms with Gasteiger partial charge in [0.05, 0.1) is 11.4 Å². The summed E-state index contributed by atoms with van der Waals surface area (Å²) in [7, 11) is 0. The summed E-state index contributed by atoms with van der Waals surface area (Å²) in [6, 6.07) is 17.3. The Bertz CT molecular complexity index is 1120. The number of pyridine rings is 1. The number of anilines is 1. The highest BCUT2D eigenvalue weighted by atomic mass is 16.1. The minimum atomic E-state index is -0.0385. The number of nitrogens with two attached hydrogens (primary N) is 2. The number of carbonyl (C=O) groups excluding carboxylic acids is 1. The second-order valence-electron chi connectivity index (χ2n) is 7.42. The zero-order valence-corrected chi connectivity index (χ0v) is 18.1. The Kier molecular flexibility index (Phi) is 7.72. The van der Waals surface area contributed by atoms with Gasteiger partial charge in [0.25, 0.3) is 0 Å². The Morgan fingerprint density at radius 2 is 1.94 bits per heavy atom. The number of allylic oxidation sites excluding steroid dienone is 1. The molecule has 7 nitrogen and oxygen atoms in total. The van der Waals surface area contributed by atoms with Crippen LogP contribution in [0.3, 0.4) is 0 Å². The number of nitrogens with one attached hydrogen (secondary N) is 3. The summed E-state index contributed by atoms with van der Waals surface area (Å²) in [6.45, 7) is 3.43. The standard InChI is InChI=1S/C25H28N6O/c1-17(32)31-11-10-30-15-19-5-2-4-18(12-19)13-24(27)25(28)22-14-20(7-8-23(22)26)21-6-3-9-29-16-21/h2-9,12-14,16,28,30H,10-11,15,26-27H2,1H3,(H,31,32)/b24-13-,28-25?. The van der Waals surface area contributed by atoms with Crippen LogP contribution in [0.15, 0.2) is 72.7 Å². The lowest BCUT2D eigenvalue weighted by Crippen LogP contribution is -2.29. The van der Waals surface area contributed by atoms with Crippen molar-refractivity contribution >= 4 is 23.4 Å². The van der Waals surface area contributed by atoms with Crippen LogP contribution in [0.25, 0.3) is 17.2 Å². The van der Waals surface area contributed by atoms with E-state index in [1.807, 2.05) is 48.5 Å². The van der Waals surface area contributed by atoms with Crippen LogP contribution in [0.1, 0.15) is 23.6 Å². The third-order valence-electron chi connectivity index (χ3n) is 4.88. The fourth-order valence-electron chi connectivity index (χ4n) is 3.25. The number of benzene rings is 2. The summed E-state index contributed by atoms with van der Waals surface area (Å²) in [6.07, 6.45) is 5.27. The van der Waals surface area contributed by atoms with Gasteiger partial charge in [0.2, 0.25) is 5.91 Å². The van der Waals surface area contributed by atoms with Crippen LogP contribution < -0.4 is 22.1 Å². The van der Waals surface area contributed by atoms with E-state index in [4.69, 9.17) is 16.9 Å². The van der Waals surface area contributed by atoms with Gasteiger partial charge in [-0.15, -0.1) is 0 Å². The van der Waals surface area contributed by atoms with E-state index in [-0.39, 0.29) is 11.6 Å². The second-order valence-corrected chi connectivity index (χ2v) is 7.42. The molecule has 1 amide bonds. The molecular formula is C25H28N6O. The first kappa shape index (κ1) is 22.7. The van der Waals surface area contributed by atoms with Gasteiger partial charge in [-0.25, -0.2) is 0 Å². The SMILES string of the molecule is CC(=O)NCCNCc1cccc(/C=C(\N)C(=N)c2cc(-c3cccnc3)ccc2N)c1. The second kappa shape index (κ2) is 10.9. The van der Waals surface area contributed by atoms with E-state index in [0.29, 0.717) is 36.6 Å². The molecule has 0 aliphatic heterocycles. The van der Waals surface area contributed by atoms with E-state index in [1.165, 1.54) is 6.92 Å². The molecule has 0 bridgehead atoms. The van der Waals surface area contributed by atoms with E-state index in [9.17, 15) is 4.79 Å². The Morgan fingerprint density at radius 3 is 2.69 bits per heavy atom. The lowest BCUT2D eigenvalue weighted by Gasteiger charge is -2.11. The smallest absolute Gasteiger partial charge is 0.216 e. The van der Waals surface area contributed by atoms with Crippen LogP contribution >= 0.6 is 0 Å². The summed E-state index contributed by atoms with van der Waals surface area (Å²) in [5, 5.41) is 14.6. The number of hydrogen-bond acceptors (Lipinski definition) is 6. The molecular weight excluding hydrogens is 400 g/mol. The van der Waals surface area contributed by atoms with Crippen molar-refractivity contribution in [3.63, 3.8) is 0 Å². The maximum Gasteiger partial charge on any atom is 0.216 e. The van der Waals surface area contributed by atoms with Gasteiger partial charge >= 0.3 is 0 Å². The Labute approximate surface area is 188 Å². The van der Waals surface area contributed by atoms with Crippen LogP contribution in [0.4, 0.5) is 5.69 Å². The maximum absolute atomic E-state index is 10.9.